The van der Waals surface area contributed by atoms with Gasteiger partial charge in [0.1, 0.15) is 0 Å². The smallest absolute Gasteiger partial charge is 0.165 e. The van der Waals surface area contributed by atoms with Crippen LogP contribution in [-0.4, -0.2) is 31.7 Å². The Hall–Kier alpha value is -1.95. The highest BCUT2D eigenvalue weighted by Crippen LogP contribution is 2.34. The molecule has 0 saturated heterocycles. The van der Waals surface area contributed by atoms with Crippen molar-refractivity contribution in [2.24, 2.45) is 0 Å². The summed E-state index contributed by atoms with van der Waals surface area (Å²) in [6.45, 7) is 2.76. The highest BCUT2D eigenvalue weighted by atomic mass is 15.6. The van der Waals surface area contributed by atoms with Crippen molar-refractivity contribution >= 4 is 5.69 Å². The zero-order valence-electron chi connectivity index (χ0n) is 11.4. The molecule has 2 aliphatic rings. The number of hydrogen-bond acceptors (Lipinski definition) is 5. The number of benzene rings is 1. The summed E-state index contributed by atoms with van der Waals surface area (Å²) in [5.74, 6) is 0.986. The lowest BCUT2D eigenvalue weighted by Crippen LogP contribution is -2.31. The SMILES string of the molecule is Nc1cccc2c1CCN(Cc1nnnn1C1CC1)C2. The molecule has 0 spiro atoms. The first-order valence-corrected chi connectivity index (χ1v) is 7.16. The Morgan fingerprint density at radius 3 is 3.05 bits per heavy atom. The fourth-order valence-corrected chi connectivity index (χ4v) is 2.95. The Morgan fingerprint density at radius 1 is 1.30 bits per heavy atom. The second-order valence-corrected chi connectivity index (χ2v) is 5.72. The van der Waals surface area contributed by atoms with Crippen molar-refractivity contribution in [2.75, 3.05) is 12.3 Å². The minimum absolute atomic E-state index is 0.535. The lowest BCUT2D eigenvalue weighted by molar-refractivity contribution is 0.235. The van der Waals surface area contributed by atoms with E-state index in [-0.39, 0.29) is 0 Å². The molecule has 1 saturated carbocycles. The van der Waals surface area contributed by atoms with Crippen LogP contribution in [0.15, 0.2) is 18.2 Å². The number of nitrogens with zero attached hydrogens (tertiary/aromatic N) is 5. The summed E-state index contributed by atoms with van der Waals surface area (Å²) in [6.07, 6.45) is 3.42. The maximum absolute atomic E-state index is 6.04. The second kappa shape index (κ2) is 4.56. The topological polar surface area (TPSA) is 72.9 Å². The van der Waals surface area contributed by atoms with Gasteiger partial charge in [0.25, 0.3) is 0 Å². The minimum atomic E-state index is 0.535. The standard InChI is InChI=1S/C14H18N6/c15-13-3-1-2-10-8-19(7-6-12(10)13)9-14-16-17-18-20(14)11-4-5-11/h1-3,11H,4-9,15H2. The van der Waals surface area contributed by atoms with Crippen LogP contribution in [0, 0.1) is 0 Å². The van der Waals surface area contributed by atoms with Gasteiger partial charge in [-0.3, -0.25) is 4.90 Å². The van der Waals surface area contributed by atoms with Crippen LogP contribution in [0.1, 0.15) is 35.8 Å². The quantitative estimate of drug-likeness (QED) is 0.847. The molecule has 0 atom stereocenters. The van der Waals surface area contributed by atoms with E-state index in [1.165, 1.54) is 24.0 Å². The highest BCUT2D eigenvalue weighted by Gasteiger charge is 2.28. The third-order valence-corrected chi connectivity index (χ3v) is 4.20. The predicted octanol–water partition coefficient (Wildman–Crippen LogP) is 1.15. The summed E-state index contributed by atoms with van der Waals surface area (Å²) in [7, 11) is 0. The van der Waals surface area contributed by atoms with E-state index in [4.69, 9.17) is 5.73 Å². The molecular formula is C14H18N6. The van der Waals surface area contributed by atoms with Crippen LogP contribution in [0.2, 0.25) is 0 Å². The van der Waals surface area contributed by atoms with Gasteiger partial charge in [0.2, 0.25) is 0 Å². The first-order chi connectivity index (χ1) is 9.81. The van der Waals surface area contributed by atoms with Gasteiger partial charge in [-0.1, -0.05) is 12.1 Å². The van der Waals surface area contributed by atoms with Crippen LogP contribution in [0.25, 0.3) is 0 Å². The molecule has 6 nitrogen and oxygen atoms in total. The highest BCUT2D eigenvalue weighted by molar-refractivity contribution is 5.51. The summed E-state index contributed by atoms with van der Waals surface area (Å²) >= 11 is 0. The van der Waals surface area contributed by atoms with Crippen molar-refractivity contribution in [1.82, 2.24) is 25.1 Å². The number of hydrogen-bond donors (Lipinski definition) is 1. The van der Waals surface area contributed by atoms with Crippen LogP contribution in [0.3, 0.4) is 0 Å². The molecule has 2 aromatic rings. The summed E-state index contributed by atoms with van der Waals surface area (Å²) in [4.78, 5) is 2.40. The van der Waals surface area contributed by atoms with E-state index in [0.29, 0.717) is 6.04 Å². The Labute approximate surface area is 117 Å². The maximum Gasteiger partial charge on any atom is 0.165 e. The molecule has 4 rings (SSSR count). The van der Waals surface area contributed by atoms with Crippen molar-refractivity contribution in [3.05, 3.63) is 35.2 Å². The average Bonchev–Trinajstić information content (AvgIpc) is 3.20. The van der Waals surface area contributed by atoms with E-state index >= 15 is 0 Å². The van der Waals surface area contributed by atoms with E-state index < -0.39 is 0 Å². The van der Waals surface area contributed by atoms with Crippen molar-refractivity contribution in [2.45, 2.75) is 38.4 Å². The van der Waals surface area contributed by atoms with Crippen LogP contribution in [0.4, 0.5) is 5.69 Å². The predicted molar refractivity (Wildman–Crippen MR) is 74.8 cm³/mol. The van der Waals surface area contributed by atoms with Gasteiger partial charge in [0, 0.05) is 18.8 Å². The van der Waals surface area contributed by atoms with E-state index in [1.54, 1.807) is 0 Å². The first kappa shape index (κ1) is 11.8. The molecule has 104 valence electrons. The third-order valence-electron chi connectivity index (χ3n) is 4.20. The Bertz CT molecular complexity index is 630. The Morgan fingerprint density at radius 2 is 2.20 bits per heavy atom. The molecule has 20 heavy (non-hydrogen) atoms. The van der Waals surface area contributed by atoms with Crippen LogP contribution < -0.4 is 5.73 Å². The molecule has 0 unspecified atom stereocenters. The number of tetrazole rings is 1. The van der Waals surface area contributed by atoms with E-state index in [9.17, 15) is 0 Å². The van der Waals surface area contributed by atoms with Crippen LogP contribution in [0.5, 0.6) is 0 Å². The van der Waals surface area contributed by atoms with E-state index in [0.717, 1.165) is 37.6 Å². The summed E-state index contributed by atoms with van der Waals surface area (Å²) in [5.41, 5.74) is 9.61. The molecule has 1 aromatic carbocycles. The fraction of sp³-hybridized carbons (Fsp3) is 0.500. The number of fused-ring (bicyclic) bond motifs is 1. The molecule has 0 amide bonds. The monoisotopic (exact) mass is 270 g/mol. The number of rotatable bonds is 3. The molecule has 1 aliphatic heterocycles. The second-order valence-electron chi connectivity index (χ2n) is 5.72. The first-order valence-electron chi connectivity index (χ1n) is 7.16. The van der Waals surface area contributed by atoms with E-state index in [1.807, 2.05) is 16.8 Å². The van der Waals surface area contributed by atoms with Crippen LogP contribution >= 0.6 is 0 Å². The van der Waals surface area contributed by atoms with Gasteiger partial charge in [0.15, 0.2) is 5.82 Å². The fourth-order valence-electron chi connectivity index (χ4n) is 2.95. The maximum atomic E-state index is 6.04. The lowest BCUT2D eigenvalue weighted by atomic mass is 9.98. The van der Waals surface area contributed by atoms with Crippen molar-refractivity contribution in [1.29, 1.82) is 0 Å². The molecular weight excluding hydrogens is 252 g/mol. The van der Waals surface area contributed by atoms with Gasteiger partial charge >= 0.3 is 0 Å². The Balaban J connectivity index is 1.52. The largest absolute Gasteiger partial charge is 0.398 e. The molecule has 0 radical (unpaired) electrons. The zero-order valence-corrected chi connectivity index (χ0v) is 11.4. The number of nitrogens with two attached hydrogens (primary N) is 1. The molecule has 2 N–H and O–H groups in total. The lowest BCUT2D eigenvalue weighted by Gasteiger charge is -2.28. The molecule has 0 bridgehead atoms. The van der Waals surface area contributed by atoms with Gasteiger partial charge in [-0.15, -0.1) is 5.10 Å². The normalized spacial score (nSPS) is 19.0. The minimum Gasteiger partial charge on any atom is -0.398 e. The Kier molecular flexibility index (Phi) is 2.70. The van der Waals surface area contributed by atoms with Crippen molar-refractivity contribution in [3.8, 4) is 0 Å². The van der Waals surface area contributed by atoms with Gasteiger partial charge in [-0.2, -0.15) is 0 Å². The van der Waals surface area contributed by atoms with Gasteiger partial charge < -0.3 is 5.73 Å². The number of nitrogen functional groups attached to an aromatic ring is 1. The van der Waals surface area contributed by atoms with Crippen molar-refractivity contribution in [3.63, 3.8) is 0 Å². The summed E-state index contributed by atoms with van der Waals surface area (Å²) in [5, 5.41) is 12.1. The average molecular weight is 270 g/mol. The number of anilines is 1. The summed E-state index contributed by atoms with van der Waals surface area (Å²) < 4.78 is 1.99. The molecule has 1 aromatic heterocycles. The zero-order chi connectivity index (χ0) is 13.5. The molecule has 1 aliphatic carbocycles. The third kappa shape index (κ3) is 2.06. The molecule has 6 heteroatoms. The van der Waals surface area contributed by atoms with Crippen molar-refractivity contribution < 1.29 is 0 Å². The van der Waals surface area contributed by atoms with Gasteiger partial charge in [-0.25, -0.2) is 4.68 Å². The molecule has 2 heterocycles. The number of aromatic nitrogens is 4. The van der Waals surface area contributed by atoms with E-state index in [2.05, 4.69) is 26.5 Å². The van der Waals surface area contributed by atoms with Gasteiger partial charge in [-0.05, 0) is 46.9 Å². The van der Waals surface area contributed by atoms with Gasteiger partial charge in [0.05, 0.1) is 12.6 Å². The molecule has 1 fully saturated rings. The van der Waals surface area contributed by atoms with Crippen LogP contribution in [-0.2, 0) is 19.5 Å². The summed E-state index contributed by atoms with van der Waals surface area (Å²) in [6, 6.07) is 6.73.